The van der Waals surface area contributed by atoms with E-state index < -0.39 is 71.2 Å². The van der Waals surface area contributed by atoms with Crippen molar-refractivity contribution in [3.63, 3.8) is 0 Å². The van der Waals surface area contributed by atoms with Gasteiger partial charge in [-0.15, -0.1) is 0 Å². The van der Waals surface area contributed by atoms with Crippen molar-refractivity contribution in [3.05, 3.63) is 59.4 Å². The summed E-state index contributed by atoms with van der Waals surface area (Å²) >= 11 is 0. The van der Waals surface area contributed by atoms with Gasteiger partial charge in [-0.05, 0) is 64.0 Å². The number of anilines is 2. The highest BCUT2D eigenvalue weighted by Crippen LogP contribution is 2.42. The zero-order chi connectivity index (χ0) is 32.1. The monoisotopic (exact) mass is 619 g/mol. The quantitative estimate of drug-likeness (QED) is 0.250. The van der Waals surface area contributed by atoms with Crippen molar-refractivity contribution in [1.82, 2.24) is 5.32 Å². The first-order valence-corrected chi connectivity index (χ1v) is 14.8. The lowest BCUT2D eigenvalue weighted by Crippen LogP contribution is -2.50. The lowest BCUT2D eigenvalue weighted by Gasteiger charge is -2.38. The van der Waals surface area contributed by atoms with Crippen LogP contribution in [0.3, 0.4) is 0 Å². The van der Waals surface area contributed by atoms with Gasteiger partial charge in [0.2, 0.25) is 11.8 Å². The first-order valence-electron chi connectivity index (χ1n) is 14.8. The SMILES string of the molecule is CC(C)(C)OC(=O)C1(c2ccc(NC(=O)[C@@H](NC(=O)OCc3ccccc3)C3CCC(F)(F)CC3)c(N)c2F)CCOCC1. The second kappa shape index (κ2) is 13.5. The molecule has 4 N–H and O–H groups in total. The van der Waals surface area contributed by atoms with Gasteiger partial charge in [0.25, 0.3) is 0 Å². The Balaban J connectivity index is 1.55. The fourth-order valence-corrected chi connectivity index (χ4v) is 5.65. The summed E-state index contributed by atoms with van der Waals surface area (Å²) in [5.41, 5.74) is 4.26. The Labute approximate surface area is 255 Å². The topological polar surface area (TPSA) is 129 Å². The molecule has 1 saturated carbocycles. The van der Waals surface area contributed by atoms with Crippen LogP contribution in [0.15, 0.2) is 42.5 Å². The van der Waals surface area contributed by atoms with Crippen LogP contribution in [-0.2, 0) is 35.8 Å². The molecule has 44 heavy (non-hydrogen) atoms. The number of rotatable bonds is 8. The smallest absolute Gasteiger partial charge is 0.408 e. The first kappa shape index (κ1) is 33.1. The van der Waals surface area contributed by atoms with Gasteiger partial charge >= 0.3 is 12.1 Å². The molecule has 2 fully saturated rings. The minimum atomic E-state index is -2.86. The fourth-order valence-electron chi connectivity index (χ4n) is 5.65. The molecule has 0 unspecified atom stereocenters. The minimum absolute atomic E-state index is 0.0205. The average Bonchev–Trinajstić information content (AvgIpc) is 2.97. The van der Waals surface area contributed by atoms with Gasteiger partial charge in [-0.1, -0.05) is 36.4 Å². The Morgan fingerprint density at radius 3 is 2.27 bits per heavy atom. The number of halogens is 3. The maximum absolute atomic E-state index is 16.0. The van der Waals surface area contributed by atoms with E-state index in [-0.39, 0.29) is 56.8 Å². The summed E-state index contributed by atoms with van der Waals surface area (Å²) in [4.78, 5) is 39.6. The molecular formula is C32H40F3N3O6. The standard InChI is InChI=1S/C32H40F3N3O6/c1-30(2,3)44-28(40)31(15-17-42-18-16-31)22-9-10-23(25(36)24(22)33)37-27(39)26(21-11-13-32(34,35)14-12-21)38-29(41)43-19-20-7-5-4-6-8-20/h4-10,21,26H,11-19,36H2,1-3H3,(H,37,39)(H,38,41)/t26-/m0/s1. The number of ether oxygens (including phenoxy) is 3. The van der Waals surface area contributed by atoms with Gasteiger partial charge < -0.3 is 30.6 Å². The van der Waals surface area contributed by atoms with Crippen molar-refractivity contribution in [3.8, 4) is 0 Å². The van der Waals surface area contributed by atoms with E-state index in [0.717, 1.165) is 5.56 Å². The van der Waals surface area contributed by atoms with Gasteiger partial charge in [-0.3, -0.25) is 9.59 Å². The predicted molar refractivity (Wildman–Crippen MR) is 157 cm³/mol. The molecule has 0 bridgehead atoms. The van der Waals surface area contributed by atoms with Gasteiger partial charge in [0.15, 0.2) is 5.82 Å². The number of benzene rings is 2. The molecule has 1 aliphatic heterocycles. The van der Waals surface area contributed by atoms with Gasteiger partial charge in [0, 0.05) is 31.6 Å². The third-order valence-corrected chi connectivity index (χ3v) is 8.09. The first-order chi connectivity index (χ1) is 20.7. The summed E-state index contributed by atoms with van der Waals surface area (Å²) in [6, 6.07) is 10.4. The van der Waals surface area contributed by atoms with Crippen molar-refractivity contribution < 1.29 is 41.8 Å². The molecule has 0 aromatic heterocycles. The molecule has 0 radical (unpaired) electrons. The van der Waals surface area contributed by atoms with Crippen LogP contribution < -0.4 is 16.4 Å². The van der Waals surface area contributed by atoms with Crippen LogP contribution in [0.25, 0.3) is 0 Å². The van der Waals surface area contributed by atoms with E-state index in [1.54, 1.807) is 45.0 Å². The van der Waals surface area contributed by atoms with Crippen molar-refractivity contribution in [2.45, 2.75) is 88.9 Å². The molecule has 2 aromatic rings. The number of nitrogens with two attached hydrogens (primary N) is 1. The number of nitrogen functional groups attached to an aromatic ring is 1. The second-order valence-corrected chi connectivity index (χ2v) is 12.5. The number of carbonyl (C=O) groups is 3. The Bertz CT molecular complexity index is 1330. The van der Waals surface area contributed by atoms with E-state index in [4.69, 9.17) is 19.9 Å². The van der Waals surface area contributed by atoms with E-state index in [1.165, 1.54) is 12.1 Å². The maximum Gasteiger partial charge on any atom is 0.408 e. The second-order valence-electron chi connectivity index (χ2n) is 12.5. The van der Waals surface area contributed by atoms with Crippen LogP contribution in [-0.4, -0.2) is 48.7 Å². The number of hydrogen-bond acceptors (Lipinski definition) is 7. The number of esters is 1. The van der Waals surface area contributed by atoms with Crippen molar-refractivity contribution in [2.24, 2.45) is 5.92 Å². The van der Waals surface area contributed by atoms with Crippen molar-refractivity contribution >= 4 is 29.3 Å². The third kappa shape index (κ3) is 8.02. The lowest BCUT2D eigenvalue weighted by molar-refractivity contribution is -0.166. The molecule has 9 nitrogen and oxygen atoms in total. The zero-order valence-electron chi connectivity index (χ0n) is 25.2. The van der Waals surface area contributed by atoms with Crippen LogP contribution in [0, 0.1) is 11.7 Å². The van der Waals surface area contributed by atoms with Crippen molar-refractivity contribution in [1.29, 1.82) is 0 Å². The van der Waals surface area contributed by atoms with Crippen LogP contribution in [0.4, 0.5) is 29.3 Å². The summed E-state index contributed by atoms with van der Waals surface area (Å²) in [5.74, 6) is -5.73. The predicted octanol–water partition coefficient (Wildman–Crippen LogP) is 5.86. The number of carbonyl (C=O) groups excluding carboxylic acids is 3. The number of alkyl carbamates (subject to hydrolysis) is 1. The van der Waals surface area contributed by atoms with E-state index in [2.05, 4.69) is 10.6 Å². The highest BCUT2D eigenvalue weighted by molar-refractivity contribution is 5.99. The Morgan fingerprint density at radius 1 is 1.02 bits per heavy atom. The normalized spacial score (nSPS) is 19.0. The summed E-state index contributed by atoms with van der Waals surface area (Å²) in [6.45, 7) is 5.52. The molecule has 1 atom stereocenters. The Morgan fingerprint density at radius 2 is 1.66 bits per heavy atom. The van der Waals surface area contributed by atoms with Crippen molar-refractivity contribution in [2.75, 3.05) is 24.3 Å². The lowest BCUT2D eigenvalue weighted by atomic mass is 9.73. The molecule has 1 aliphatic carbocycles. The van der Waals surface area contributed by atoms with Crippen LogP contribution in [0.1, 0.15) is 70.4 Å². The van der Waals surface area contributed by atoms with Crippen LogP contribution in [0.5, 0.6) is 0 Å². The fraction of sp³-hybridized carbons (Fsp3) is 0.531. The molecule has 1 saturated heterocycles. The molecule has 0 spiro atoms. The van der Waals surface area contributed by atoms with E-state index >= 15 is 4.39 Å². The number of hydrogen-bond donors (Lipinski definition) is 3. The van der Waals surface area contributed by atoms with E-state index in [1.807, 2.05) is 6.07 Å². The molecule has 2 aliphatic rings. The molecule has 240 valence electrons. The molecule has 1 heterocycles. The largest absolute Gasteiger partial charge is 0.459 e. The van der Waals surface area contributed by atoms with Gasteiger partial charge in [-0.25, -0.2) is 18.0 Å². The summed E-state index contributed by atoms with van der Waals surface area (Å²) in [5, 5.41) is 5.07. The number of nitrogens with one attached hydrogen (secondary N) is 2. The molecular weight excluding hydrogens is 579 g/mol. The highest BCUT2D eigenvalue weighted by Gasteiger charge is 2.47. The zero-order valence-corrected chi connectivity index (χ0v) is 25.2. The van der Waals surface area contributed by atoms with Crippen LogP contribution in [0.2, 0.25) is 0 Å². The summed E-state index contributed by atoms with van der Waals surface area (Å²) in [6.07, 6.45) is -1.48. The summed E-state index contributed by atoms with van der Waals surface area (Å²) in [7, 11) is 0. The van der Waals surface area contributed by atoms with Crippen LogP contribution >= 0.6 is 0 Å². The molecule has 2 amide bonds. The Hall–Kier alpha value is -3.80. The van der Waals surface area contributed by atoms with E-state index in [0.29, 0.717) is 0 Å². The Kier molecular flexibility index (Phi) is 10.1. The average molecular weight is 620 g/mol. The molecule has 4 rings (SSSR count). The number of alkyl halides is 2. The molecule has 2 aromatic carbocycles. The van der Waals surface area contributed by atoms with Gasteiger partial charge in [0.1, 0.15) is 23.7 Å². The third-order valence-electron chi connectivity index (χ3n) is 8.09. The van der Waals surface area contributed by atoms with Gasteiger partial charge in [-0.2, -0.15) is 0 Å². The van der Waals surface area contributed by atoms with Gasteiger partial charge in [0.05, 0.1) is 11.4 Å². The van der Waals surface area contributed by atoms with E-state index in [9.17, 15) is 23.2 Å². The minimum Gasteiger partial charge on any atom is -0.459 e. The maximum atomic E-state index is 16.0. The number of amides is 2. The highest BCUT2D eigenvalue weighted by atomic mass is 19.3. The summed E-state index contributed by atoms with van der Waals surface area (Å²) < 4.78 is 60.1. The molecule has 12 heteroatoms.